The lowest BCUT2D eigenvalue weighted by molar-refractivity contribution is 0.106. The fraction of sp³-hybridized carbons (Fsp3) is 0.400. The van der Waals surface area contributed by atoms with Gasteiger partial charge in [0.05, 0.1) is 10.7 Å². The summed E-state index contributed by atoms with van der Waals surface area (Å²) in [6.07, 6.45) is -0.532. The van der Waals surface area contributed by atoms with Crippen LogP contribution >= 0.6 is 11.3 Å². The number of ether oxygens (including phenoxy) is 1. The number of rotatable bonds is 7. The molecular formula is C15H20N2O2S. The molecular weight excluding hydrogens is 272 g/mol. The highest BCUT2D eigenvalue weighted by Crippen LogP contribution is 2.12. The Kier molecular flexibility index (Phi) is 5.52. The van der Waals surface area contributed by atoms with Gasteiger partial charge in [0.25, 0.3) is 0 Å². The zero-order valence-corrected chi connectivity index (χ0v) is 12.6. The lowest BCUT2D eigenvalue weighted by Gasteiger charge is -2.13. The van der Waals surface area contributed by atoms with Crippen LogP contribution in [0.2, 0.25) is 0 Å². The van der Waals surface area contributed by atoms with E-state index in [4.69, 9.17) is 4.74 Å². The normalized spacial score (nSPS) is 12.3. The molecule has 2 N–H and O–H groups in total. The van der Waals surface area contributed by atoms with Crippen molar-refractivity contribution in [2.75, 3.05) is 13.2 Å². The number of aliphatic hydroxyl groups is 1. The number of hydrogen-bond acceptors (Lipinski definition) is 5. The average Bonchev–Trinajstić information content (AvgIpc) is 2.82. The first-order chi connectivity index (χ1) is 9.63. The third-order valence-electron chi connectivity index (χ3n) is 2.78. The maximum absolute atomic E-state index is 9.86. The molecule has 0 saturated carbocycles. The Bertz CT molecular complexity index is 542. The largest absolute Gasteiger partial charge is 0.491 e. The molecule has 2 rings (SSSR count). The van der Waals surface area contributed by atoms with Crippen LogP contribution in [0.1, 0.15) is 16.3 Å². The molecule has 1 atom stereocenters. The van der Waals surface area contributed by atoms with E-state index in [0.717, 1.165) is 22.0 Å². The minimum atomic E-state index is -0.532. The maximum atomic E-state index is 9.86. The molecule has 4 nitrogen and oxygen atoms in total. The fourth-order valence-corrected chi connectivity index (χ4v) is 2.43. The number of aliphatic hydroxyl groups excluding tert-OH is 1. The van der Waals surface area contributed by atoms with Gasteiger partial charge in [-0.1, -0.05) is 12.1 Å². The van der Waals surface area contributed by atoms with Crippen molar-refractivity contribution in [1.82, 2.24) is 10.3 Å². The van der Waals surface area contributed by atoms with Crippen molar-refractivity contribution in [3.8, 4) is 5.75 Å². The molecule has 0 aliphatic rings. The van der Waals surface area contributed by atoms with Crippen LogP contribution in [0, 0.1) is 13.8 Å². The van der Waals surface area contributed by atoms with Gasteiger partial charge in [-0.3, -0.25) is 0 Å². The van der Waals surface area contributed by atoms with Crippen LogP contribution in [0.4, 0.5) is 0 Å². The summed E-state index contributed by atoms with van der Waals surface area (Å²) in [7, 11) is 0. The molecule has 2 aromatic rings. The van der Waals surface area contributed by atoms with E-state index >= 15 is 0 Å². The van der Waals surface area contributed by atoms with Crippen LogP contribution in [-0.4, -0.2) is 29.3 Å². The van der Waals surface area contributed by atoms with E-state index in [-0.39, 0.29) is 6.61 Å². The number of nitrogens with one attached hydrogen (secondary N) is 1. The number of aromatic nitrogens is 1. The van der Waals surface area contributed by atoms with Crippen molar-refractivity contribution in [2.45, 2.75) is 26.5 Å². The molecule has 0 spiro atoms. The Labute approximate surface area is 123 Å². The molecule has 1 heterocycles. The highest BCUT2D eigenvalue weighted by Gasteiger charge is 2.06. The predicted molar refractivity (Wildman–Crippen MR) is 81.2 cm³/mol. The van der Waals surface area contributed by atoms with Gasteiger partial charge in [0.15, 0.2) is 0 Å². The lowest BCUT2D eigenvalue weighted by Crippen LogP contribution is -2.31. The van der Waals surface area contributed by atoms with Crippen LogP contribution < -0.4 is 10.1 Å². The molecule has 0 radical (unpaired) electrons. The number of aryl methyl sites for hydroxylation is 2. The number of nitrogens with zero attached hydrogens (tertiary/aromatic N) is 1. The minimum absolute atomic E-state index is 0.284. The summed E-state index contributed by atoms with van der Waals surface area (Å²) in [5.74, 6) is 0.791. The summed E-state index contributed by atoms with van der Waals surface area (Å²) in [4.78, 5) is 4.35. The summed E-state index contributed by atoms with van der Waals surface area (Å²) in [5, 5.41) is 16.1. The SMILES string of the molecule is Cc1cccc(OCC(O)CNCc2csc(C)n2)c1. The molecule has 0 aliphatic heterocycles. The van der Waals surface area contributed by atoms with Crippen LogP contribution in [0.25, 0.3) is 0 Å². The summed E-state index contributed by atoms with van der Waals surface area (Å²) in [6, 6.07) is 7.81. The summed E-state index contributed by atoms with van der Waals surface area (Å²) in [5.41, 5.74) is 2.16. The predicted octanol–water partition coefficient (Wildman–Crippen LogP) is 2.29. The van der Waals surface area contributed by atoms with Gasteiger partial charge < -0.3 is 15.2 Å². The van der Waals surface area contributed by atoms with Gasteiger partial charge in [-0.2, -0.15) is 0 Å². The molecule has 0 bridgehead atoms. The van der Waals surface area contributed by atoms with E-state index in [1.54, 1.807) is 11.3 Å². The van der Waals surface area contributed by atoms with Gasteiger partial charge >= 0.3 is 0 Å². The van der Waals surface area contributed by atoms with Gasteiger partial charge in [-0.25, -0.2) is 4.98 Å². The molecule has 0 aliphatic carbocycles. The molecule has 1 unspecified atom stereocenters. The maximum Gasteiger partial charge on any atom is 0.119 e. The third-order valence-corrected chi connectivity index (χ3v) is 3.61. The van der Waals surface area contributed by atoms with Crippen molar-refractivity contribution in [1.29, 1.82) is 0 Å². The zero-order valence-electron chi connectivity index (χ0n) is 11.8. The van der Waals surface area contributed by atoms with Crippen molar-refractivity contribution in [2.24, 2.45) is 0 Å². The monoisotopic (exact) mass is 292 g/mol. The average molecular weight is 292 g/mol. The standard InChI is InChI=1S/C15H20N2O2S/c1-11-4-3-5-15(6-11)19-9-14(18)8-16-7-13-10-20-12(2)17-13/h3-6,10,14,16,18H,7-9H2,1-2H3. The minimum Gasteiger partial charge on any atom is -0.491 e. The van der Waals surface area contributed by atoms with Crippen LogP contribution in [0.5, 0.6) is 5.75 Å². The van der Waals surface area contributed by atoms with E-state index in [1.807, 2.05) is 43.5 Å². The van der Waals surface area contributed by atoms with Gasteiger partial charge in [0, 0.05) is 18.5 Å². The van der Waals surface area contributed by atoms with E-state index < -0.39 is 6.10 Å². The number of hydrogen-bond donors (Lipinski definition) is 2. The molecule has 20 heavy (non-hydrogen) atoms. The lowest BCUT2D eigenvalue weighted by atomic mass is 10.2. The van der Waals surface area contributed by atoms with Crippen LogP contribution in [0.15, 0.2) is 29.6 Å². The van der Waals surface area contributed by atoms with Crippen LogP contribution in [0.3, 0.4) is 0 Å². The van der Waals surface area contributed by atoms with Crippen molar-refractivity contribution >= 4 is 11.3 Å². The third kappa shape index (κ3) is 4.92. The first-order valence-corrected chi connectivity index (χ1v) is 7.50. The second kappa shape index (κ2) is 7.38. The molecule has 5 heteroatoms. The zero-order chi connectivity index (χ0) is 14.4. The van der Waals surface area contributed by atoms with Gasteiger partial charge in [-0.15, -0.1) is 11.3 Å². The first kappa shape index (κ1) is 15.0. The first-order valence-electron chi connectivity index (χ1n) is 6.63. The van der Waals surface area contributed by atoms with Gasteiger partial charge in [0.2, 0.25) is 0 Å². The Hall–Kier alpha value is -1.43. The van der Waals surface area contributed by atoms with Gasteiger partial charge in [-0.05, 0) is 31.5 Å². The van der Waals surface area contributed by atoms with E-state index in [2.05, 4.69) is 10.3 Å². The molecule has 108 valence electrons. The second-order valence-electron chi connectivity index (χ2n) is 4.77. The smallest absolute Gasteiger partial charge is 0.119 e. The van der Waals surface area contributed by atoms with Crippen LogP contribution in [-0.2, 0) is 6.54 Å². The van der Waals surface area contributed by atoms with E-state index in [9.17, 15) is 5.11 Å². The Balaban J connectivity index is 1.66. The molecule has 0 amide bonds. The molecule has 1 aromatic heterocycles. The molecule has 1 aromatic carbocycles. The quantitative estimate of drug-likeness (QED) is 0.822. The molecule has 0 saturated heterocycles. The van der Waals surface area contributed by atoms with E-state index in [0.29, 0.717) is 13.1 Å². The van der Waals surface area contributed by atoms with Crippen molar-refractivity contribution in [3.63, 3.8) is 0 Å². The highest BCUT2D eigenvalue weighted by atomic mass is 32.1. The van der Waals surface area contributed by atoms with Crippen molar-refractivity contribution in [3.05, 3.63) is 45.9 Å². The summed E-state index contributed by atoms with van der Waals surface area (Å²) >= 11 is 1.63. The second-order valence-corrected chi connectivity index (χ2v) is 5.83. The number of benzene rings is 1. The van der Waals surface area contributed by atoms with Crippen molar-refractivity contribution < 1.29 is 9.84 Å². The Morgan fingerprint density at radius 3 is 2.95 bits per heavy atom. The Morgan fingerprint density at radius 2 is 2.25 bits per heavy atom. The Morgan fingerprint density at radius 1 is 1.40 bits per heavy atom. The topological polar surface area (TPSA) is 54.4 Å². The summed E-state index contributed by atoms with van der Waals surface area (Å²) in [6.45, 7) is 5.44. The molecule has 0 fully saturated rings. The number of thiazole rings is 1. The van der Waals surface area contributed by atoms with Gasteiger partial charge in [0.1, 0.15) is 18.5 Å². The highest BCUT2D eigenvalue weighted by molar-refractivity contribution is 7.09. The summed E-state index contributed by atoms with van der Waals surface area (Å²) < 4.78 is 5.55. The van der Waals surface area contributed by atoms with E-state index in [1.165, 1.54) is 0 Å². The fourth-order valence-electron chi connectivity index (χ4n) is 1.81.